The van der Waals surface area contributed by atoms with E-state index < -0.39 is 0 Å². The third kappa shape index (κ3) is 6.42. The van der Waals surface area contributed by atoms with Gasteiger partial charge in [-0.3, -0.25) is 4.79 Å². The Bertz CT molecular complexity index is 257. The van der Waals surface area contributed by atoms with Crippen LogP contribution in [0.5, 0.6) is 0 Å². The van der Waals surface area contributed by atoms with E-state index in [4.69, 9.17) is 5.73 Å². The summed E-state index contributed by atoms with van der Waals surface area (Å²) in [5.74, 6) is 2.04. The summed E-state index contributed by atoms with van der Waals surface area (Å²) in [7, 11) is 0. The molecule has 0 aromatic rings. The lowest BCUT2D eigenvalue weighted by Crippen LogP contribution is -2.39. The summed E-state index contributed by atoms with van der Waals surface area (Å²) in [6.45, 7) is 7.26. The monoisotopic (exact) mass is 268 g/mol. The van der Waals surface area contributed by atoms with E-state index in [1.54, 1.807) is 0 Å². The van der Waals surface area contributed by atoms with E-state index in [0.717, 1.165) is 25.2 Å². The molecule has 0 saturated heterocycles. The lowest BCUT2D eigenvalue weighted by Gasteiger charge is -2.29. The second-order valence-electron chi connectivity index (χ2n) is 6.63. The molecule has 0 aromatic heterocycles. The predicted molar refractivity (Wildman–Crippen MR) is 80.8 cm³/mol. The van der Waals surface area contributed by atoms with Crippen LogP contribution in [-0.4, -0.2) is 18.5 Å². The van der Waals surface area contributed by atoms with E-state index in [2.05, 4.69) is 26.1 Å². The molecular formula is C16H32N2O. The number of nitrogens with two attached hydrogens (primary N) is 1. The van der Waals surface area contributed by atoms with Gasteiger partial charge in [-0.1, -0.05) is 27.2 Å². The molecule has 1 aliphatic rings. The second-order valence-corrected chi connectivity index (χ2v) is 6.63. The van der Waals surface area contributed by atoms with Crippen LogP contribution in [0.4, 0.5) is 0 Å². The maximum absolute atomic E-state index is 12.0. The van der Waals surface area contributed by atoms with E-state index in [-0.39, 0.29) is 5.91 Å². The molecule has 0 bridgehead atoms. The number of hydrogen-bond acceptors (Lipinski definition) is 2. The summed E-state index contributed by atoms with van der Waals surface area (Å²) in [4.78, 5) is 12.0. The van der Waals surface area contributed by atoms with E-state index in [1.807, 2.05) is 0 Å². The molecule has 0 radical (unpaired) electrons. The Kier molecular flexibility index (Phi) is 7.44. The third-order valence-corrected chi connectivity index (χ3v) is 4.40. The average Bonchev–Trinajstić information content (AvgIpc) is 2.38. The van der Waals surface area contributed by atoms with Crippen LogP contribution in [0.1, 0.15) is 65.7 Å². The molecule has 1 atom stereocenters. The molecule has 1 unspecified atom stereocenters. The van der Waals surface area contributed by atoms with Crippen molar-refractivity contribution in [3.05, 3.63) is 0 Å². The first kappa shape index (κ1) is 16.5. The van der Waals surface area contributed by atoms with Gasteiger partial charge in [-0.2, -0.15) is 0 Å². The van der Waals surface area contributed by atoms with Gasteiger partial charge in [0.05, 0.1) is 0 Å². The summed E-state index contributed by atoms with van der Waals surface area (Å²) in [5, 5.41) is 3.21. The smallest absolute Gasteiger partial charge is 0.220 e. The molecule has 0 spiro atoms. The third-order valence-electron chi connectivity index (χ3n) is 4.40. The molecule has 3 nitrogen and oxygen atoms in total. The van der Waals surface area contributed by atoms with Gasteiger partial charge in [-0.05, 0) is 56.4 Å². The Balaban J connectivity index is 2.27. The average molecular weight is 268 g/mol. The molecule has 0 heterocycles. The zero-order valence-corrected chi connectivity index (χ0v) is 13.0. The Hall–Kier alpha value is -0.570. The Labute approximate surface area is 118 Å². The van der Waals surface area contributed by atoms with Crippen molar-refractivity contribution in [3.63, 3.8) is 0 Å². The molecule has 112 valence electrons. The SMILES string of the molecule is CCC1CCC(NC(=O)CC(CN)CC(C)C)CC1. The van der Waals surface area contributed by atoms with E-state index >= 15 is 0 Å². The topological polar surface area (TPSA) is 55.1 Å². The standard InChI is InChI=1S/C16H32N2O/c1-4-13-5-7-15(8-6-13)18-16(19)10-14(11-17)9-12(2)3/h12-15H,4-11,17H2,1-3H3,(H,18,19). The highest BCUT2D eigenvalue weighted by Crippen LogP contribution is 2.26. The minimum atomic E-state index is 0.205. The zero-order chi connectivity index (χ0) is 14.3. The summed E-state index contributed by atoms with van der Waals surface area (Å²) >= 11 is 0. The minimum absolute atomic E-state index is 0.205. The summed E-state index contributed by atoms with van der Waals surface area (Å²) in [6.07, 6.45) is 7.78. The van der Waals surface area contributed by atoms with Crippen molar-refractivity contribution in [2.24, 2.45) is 23.5 Å². The van der Waals surface area contributed by atoms with Crippen LogP contribution in [0, 0.1) is 17.8 Å². The first-order chi connectivity index (χ1) is 9.05. The first-order valence-corrected chi connectivity index (χ1v) is 8.04. The van der Waals surface area contributed by atoms with Gasteiger partial charge < -0.3 is 11.1 Å². The van der Waals surface area contributed by atoms with Crippen LogP contribution in [0.25, 0.3) is 0 Å². The van der Waals surface area contributed by atoms with E-state index in [9.17, 15) is 4.79 Å². The maximum Gasteiger partial charge on any atom is 0.220 e. The number of amides is 1. The number of carbonyl (C=O) groups excluding carboxylic acids is 1. The number of carbonyl (C=O) groups is 1. The van der Waals surface area contributed by atoms with Crippen LogP contribution in [0.15, 0.2) is 0 Å². The van der Waals surface area contributed by atoms with Crippen molar-refractivity contribution in [1.82, 2.24) is 5.32 Å². The summed E-state index contributed by atoms with van der Waals surface area (Å²) < 4.78 is 0. The van der Waals surface area contributed by atoms with Crippen molar-refractivity contribution in [3.8, 4) is 0 Å². The molecule has 1 amide bonds. The van der Waals surface area contributed by atoms with Crippen molar-refractivity contribution in [1.29, 1.82) is 0 Å². The highest BCUT2D eigenvalue weighted by atomic mass is 16.1. The van der Waals surface area contributed by atoms with Crippen LogP contribution in [0.2, 0.25) is 0 Å². The van der Waals surface area contributed by atoms with Gasteiger partial charge in [0.25, 0.3) is 0 Å². The Morgan fingerprint density at radius 1 is 1.26 bits per heavy atom. The van der Waals surface area contributed by atoms with Crippen LogP contribution >= 0.6 is 0 Å². The van der Waals surface area contributed by atoms with Gasteiger partial charge in [0.1, 0.15) is 0 Å². The highest BCUT2D eigenvalue weighted by Gasteiger charge is 2.22. The largest absolute Gasteiger partial charge is 0.353 e. The number of hydrogen-bond donors (Lipinski definition) is 2. The molecule has 3 N–H and O–H groups in total. The normalized spacial score (nSPS) is 25.3. The highest BCUT2D eigenvalue weighted by molar-refractivity contribution is 5.76. The maximum atomic E-state index is 12.0. The fraction of sp³-hybridized carbons (Fsp3) is 0.938. The molecule has 0 aromatic carbocycles. The lowest BCUT2D eigenvalue weighted by molar-refractivity contribution is -0.123. The molecule has 1 aliphatic carbocycles. The van der Waals surface area contributed by atoms with E-state index in [0.29, 0.717) is 30.8 Å². The second kappa shape index (κ2) is 8.57. The molecule has 0 aliphatic heterocycles. The quantitative estimate of drug-likeness (QED) is 0.745. The predicted octanol–water partition coefficient (Wildman–Crippen LogP) is 3.08. The van der Waals surface area contributed by atoms with Crippen molar-refractivity contribution in [2.45, 2.75) is 71.8 Å². The lowest BCUT2D eigenvalue weighted by atomic mass is 9.84. The van der Waals surface area contributed by atoms with E-state index in [1.165, 1.54) is 19.3 Å². The fourth-order valence-electron chi connectivity index (χ4n) is 3.19. The number of rotatable bonds is 7. The molecule has 1 fully saturated rings. The molecule has 1 saturated carbocycles. The van der Waals surface area contributed by atoms with Gasteiger partial charge in [0.15, 0.2) is 0 Å². The Morgan fingerprint density at radius 3 is 2.37 bits per heavy atom. The molecule has 3 heteroatoms. The van der Waals surface area contributed by atoms with Gasteiger partial charge in [0.2, 0.25) is 5.91 Å². The fourth-order valence-corrected chi connectivity index (χ4v) is 3.19. The molecule has 1 rings (SSSR count). The Morgan fingerprint density at radius 2 is 1.89 bits per heavy atom. The zero-order valence-electron chi connectivity index (χ0n) is 13.0. The van der Waals surface area contributed by atoms with Crippen LogP contribution < -0.4 is 11.1 Å². The van der Waals surface area contributed by atoms with Crippen LogP contribution in [0.3, 0.4) is 0 Å². The first-order valence-electron chi connectivity index (χ1n) is 8.04. The van der Waals surface area contributed by atoms with Gasteiger partial charge >= 0.3 is 0 Å². The van der Waals surface area contributed by atoms with Gasteiger partial charge in [-0.25, -0.2) is 0 Å². The van der Waals surface area contributed by atoms with Crippen molar-refractivity contribution in [2.75, 3.05) is 6.54 Å². The molecule has 19 heavy (non-hydrogen) atoms. The van der Waals surface area contributed by atoms with Crippen LogP contribution in [-0.2, 0) is 4.79 Å². The van der Waals surface area contributed by atoms with Crippen molar-refractivity contribution >= 4 is 5.91 Å². The minimum Gasteiger partial charge on any atom is -0.353 e. The van der Waals surface area contributed by atoms with Gasteiger partial charge in [0, 0.05) is 12.5 Å². The number of nitrogens with one attached hydrogen (secondary N) is 1. The molecular weight excluding hydrogens is 236 g/mol. The summed E-state index contributed by atoms with van der Waals surface area (Å²) in [6, 6.07) is 0.410. The summed E-state index contributed by atoms with van der Waals surface area (Å²) in [5.41, 5.74) is 5.76. The van der Waals surface area contributed by atoms with Crippen molar-refractivity contribution < 1.29 is 4.79 Å². The van der Waals surface area contributed by atoms with Gasteiger partial charge in [-0.15, -0.1) is 0 Å².